The van der Waals surface area contributed by atoms with Gasteiger partial charge in [-0.05, 0) is 29.8 Å². The number of anilines is 1. The van der Waals surface area contributed by atoms with E-state index < -0.39 is 0 Å². The highest BCUT2D eigenvalue weighted by Crippen LogP contribution is 2.24. The van der Waals surface area contributed by atoms with E-state index in [9.17, 15) is 9.90 Å². The molecule has 0 saturated carbocycles. The first-order valence-corrected chi connectivity index (χ1v) is 6.10. The van der Waals surface area contributed by atoms with Gasteiger partial charge in [0.1, 0.15) is 5.75 Å². The lowest BCUT2D eigenvalue weighted by molar-refractivity contribution is 0.0948. The Balaban J connectivity index is 2.02. The molecule has 0 aliphatic heterocycles. The summed E-state index contributed by atoms with van der Waals surface area (Å²) in [4.78, 5) is 12.0. The molecule has 0 aromatic heterocycles. The smallest absolute Gasteiger partial charge is 0.255 e. The van der Waals surface area contributed by atoms with Gasteiger partial charge in [0, 0.05) is 6.54 Å². The summed E-state index contributed by atoms with van der Waals surface area (Å²) in [5, 5.41) is 12.5. The number of ether oxygens (including phenoxy) is 1. The first-order valence-electron chi connectivity index (χ1n) is 6.10. The third-order valence-electron chi connectivity index (χ3n) is 2.92. The second kappa shape index (κ2) is 5.97. The molecule has 5 heteroatoms. The highest BCUT2D eigenvalue weighted by Gasteiger charge is 2.12. The quantitative estimate of drug-likeness (QED) is 0.586. The molecule has 0 bridgehead atoms. The van der Waals surface area contributed by atoms with Crippen LogP contribution < -0.4 is 15.8 Å². The summed E-state index contributed by atoms with van der Waals surface area (Å²) in [6.45, 7) is 0.358. The molecule has 104 valence electrons. The first kappa shape index (κ1) is 13.7. The molecular weight excluding hydrogens is 256 g/mol. The van der Waals surface area contributed by atoms with Gasteiger partial charge in [-0.15, -0.1) is 0 Å². The third-order valence-corrected chi connectivity index (χ3v) is 2.92. The number of phenols is 1. The van der Waals surface area contributed by atoms with Gasteiger partial charge in [0.2, 0.25) is 0 Å². The number of benzene rings is 2. The molecule has 4 N–H and O–H groups in total. The van der Waals surface area contributed by atoms with Crippen molar-refractivity contribution in [2.75, 3.05) is 12.8 Å². The summed E-state index contributed by atoms with van der Waals surface area (Å²) < 4.78 is 5.06. The van der Waals surface area contributed by atoms with Crippen molar-refractivity contribution < 1.29 is 14.6 Å². The lowest BCUT2D eigenvalue weighted by Crippen LogP contribution is -2.23. The maximum Gasteiger partial charge on any atom is 0.255 e. The van der Waals surface area contributed by atoms with Gasteiger partial charge < -0.3 is 20.9 Å². The van der Waals surface area contributed by atoms with Crippen molar-refractivity contribution in [2.24, 2.45) is 0 Å². The molecule has 2 rings (SSSR count). The van der Waals surface area contributed by atoms with Crippen LogP contribution in [0.4, 0.5) is 5.69 Å². The summed E-state index contributed by atoms with van der Waals surface area (Å²) in [5.74, 6) is 0.193. The van der Waals surface area contributed by atoms with Crippen LogP contribution in [0.25, 0.3) is 0 Å². The SMILES string of the molecule is COc1ccc(CNC(=O)c2cccc(N)c2O)cc1. The Bertz CT molecular complexity index is 609. The van der Waals surface area contributed by atoms with Crippen molar-refractivity contribution >= 4 is 11.6 Å². The van der Waals surface area contributed by atoms with E-state index in [2.05, 4.69) is 5.32 Å². The molecule has 2 aromatic rings. The number of nitrogens with one attached hydrogen (secondary N) is 1. The number of hydrogen-bond acceptors (Lipinski definition) is 4. The molecule has 0 atom stereocenters. The number of rotatable bonds is 4. The van der Waals surface area contributed by atoms with Crippen LogP contribution in [-0.2, 0) is 6.54 Å². The van der Waals surface area contributed by atoms with Crippen LogP contribution in [-0.4, -0.2) is 18.1 Å². The highest BCUT2D eigenvalue weighted by molar-refractivity contribution is 5.98. The zero-order chi connectivity index (χ0) is 14.5. The molecule has 0 aliphatic rings. The van der Waals surface area contributed by atoms with Crippen LogP contribution >= 0.6 is 0 Å². The van der Waals surface area contributed by atoms with Crippen LogP contribution in [0.2, 0.25) is 0 Å². The lowest BCUT2D eigenvalue weighted by atomic mass is 10.1. The van der Waals surface area contributed by atoms with Crippen molar-refractivity contribution in [3.8, 4) is 11.5 Å². The van der Waals surface area contributed by atoms with Crippen LogP contribution in [0.1, 0.15) is 15.9 Å². The average molecular weight is 272 g/mol. The molecule has 0 radical (unpaired) electrons. The zero-order valence-electron chi connectivity index (χ0n) is 11.1. The van der Waals surface area contributed by atoms with Crippen molar-refractivity contribution in [1.29, 1.82) is 0 Å². The van der Waals surface area contributed by atoms with E-state index in [-0.39, 0.29) is 22.9 Å². The van der Waals surface area contributed by atoms with Crippen LogP contribution in [0.5, 0.6) is 11.5 Å². The second-order valence-electron chi connectivity index (χ2n) is 4.27. The van der Waals surface area contributed by atoms with Crippen molar-refractivity contribution in [3.05, 3.63) is 53.6 Å². The van der Waals surface area contributed by atoms with Gasteiger partial charge in [0.25, 0.3) is 5.91 Å². The summed E-state index contributed by atoms with van der Waals surface area (Å²) >= 11 is 0. The monoisotopic (exact) mass is 272 g/mol. The standard InChI is InChI=1S/C15H16N2O3/c1-20-11-7-5-10(6-8-11)9-17-15(19)12-3-2-4-13(16)14(12)18/h2-8,18H,9,16H2,1H3,(H,17,19). The predicted octanol–water partition coefficient (Wildman–Crippen LogP) is 1.91. The van der Waals surface area contributed by atoms with Crippen molar-refractivity contribution in [1.82, 2.24) is 5.32 Å². The number of carbonyl (C=O) groups is 1. The summed E-state index contributed by atoms with van der Waals surface area (Å²) in [6.07, 6.45) is 0. The normalized spacial score (nSPS) is 10.1. The van der Waals surface area contributed by atoms with Crippen LogP contribution in [0.3, 0.4) is 0 Å². The molecule has 0 heterocycles. The molecule has 20 heavy (non-hydrogen) atoms. The minimum absolute atomic E-state index is 0.165. The number of nitrogen functional groups attached to an aromatic ring is 1. The number of amides is 1. The molecule has 0 fully saturated rings. The Morgan fingerprint density at radius 2 is 1.95 bits per heavy atom. The predicted molar refractivity (Wildman–Crippen MR) is 76.7 cm³/mol. The Morgan fingerprint density at radius 3 is 2.60 bits per heavy atom. The van der Waals surface area contributed by atoms with Gasteiger partial charge in [-0.1, -0.05) is 18.2 Å². The maximum atomic E-state index is 12.0. The number of carbonyl (C=O) groups excluding carboxylic acids is 1. The lowest BCUT2D eigenvalue weighted by Gasteiger charge is -2.08. The zero-order valence-corrected chi connectivity index (χ0v) is 11.1. The second-order valence-corrected chi connectivity index (χ2v) is 4.27. The minimum Gasteiger partial charge on any atom is -0.505 e. The topological polar surface area (TPSA) is 84.6 Å². The fourth-order valence-corrected chi connectivity index (χ4v) is 1.77. The molecule has 0 unspecified atom stereocenters. The van der Waals surface area contributed by atoms with E-state index in [1.165, 1.54) is 12.1 Å². The highest BCUT2D eigenvalue weighted by atomic mass is 16.5. The van der Waals surface area contributed by atoms with Crippen molar-refractivity contribution in [3.63, 3.8) is 0 Å². The van der Waals surface area contributed by atoms with Gasteiger partial charge in [-0.2, -0.15) is 0 Å². The fraction of sp³-hybridized carbons (Fsp3) is 0.133. The molecule has 1 amide bonds. The Hall–Kier alpha value is -2.69. The van der Waals surface area contributed by atoms with Crippen LogP contribution in [0.15, 0.2) is 42.5 Å². The first-order chi connectivity index (χ1) is 9.61. The summed E-state index contributed by atoms with van der Waals surface area (Å²) in [6, 6.07) is 12.0. The van der Waals surface area contributed by atoms with Gasteiger partial charge >= 0.3 is 0 Å². The van der Waals surface area contributed by atoms with E-state index in [0.717, 1.165) is 11.3 Å². The Labute approximate surface area is 117 Å². The molecule has 0 aliphatic carbocycles. The third kappa shape index (κ3) is 3.00. The fourth-order valence-electron chi connectivity index (χ4n) is 1.77. The maximum absolute atomic E-state index is 12.0. The summed E-state index contributed by atoms with van der Waals surface area (Å²) in [7, 11) is 1.60. The molecule has 0 saturated heterocycles. The van der Waals surface area contributed by atoms with E-state index >= 15 is 0 Å². The van der Waals surface area contributed by atoms with Gasteiger partial charge in [-0.25, -0.2) is 0 Å². The molecule has 5 nitrogen and oxygen atoms in total. The van der Waals surface area contributed by atoms with Gasteiger partial charge in [0.05, 0.1) is 18.4 Å². The van der Waals surface area contributed by atoms with E-state index in [1.54, 1.807) is 13.2 Å². The number of phenolic OH excluding ortho intramolecular Hbond substituents is 1. The largest absolute Gasteiger partial charge is 0.505 e. The minimum atomic E-state index is -0.370. The Morgan fingerprint density at radius 1 is 1.25 bits per heavy atom. The van der Waals surface area contributed by atoms with E-state index in [0.29, 0.717) is 6.54 Å². The number of hydrogen-bond donors (Lipinski definition) is 3. The number of methoxy groups -OCH3 is 1. The van der Waals surface area contributed by atoms with Gasteiger partial charge in [-0.3, -0.25) is 4.79 Å². The number of nitrogens with two attached hydrogens (primary N) is 1. The summed E-state index contributed by atoms with van der Waals surface area (Å²) in [5.41, 5.74) is 6.83. The van der Waals surface area contributed by atoms with Crippen LogP contribution in [0, 0.1) is 0 Å². The Kier molecular flexibility index (Phi) is 4.10. The number of para-hydroxylation sites is 1. The molecule has 2 aromatic carbocycles. The number of aromatic hydroxyl groups is 1. The molecule has 0 spiro atoms. The van der Waals surface area contributed by atoms with Gasteiger partial charge in [0.15, 0.2) is 5.75 Å². The molecular formula is C15H16N2O3. The van der Waals surface area contributed by atoms with E-state index in [4.69, 9.17) is 10.5 Å². The van der Waals surface area contributed by atoms with E-state index in [1.807, 2.05) is 24.3 Å². The average Bonchev–Trinajstić information content (AvgIpc) is 2.48. The van der Waals surface area contributed by atoms with Crippen molar-refractivity contribution in [2.45, 2.75) is 6.54 Å².